The van der Waals surface area contributed by atoms with Crippen LogP contribution in [0.2, 0.25) is 0 Å². The van der Waals surface area contributed by atoms with Gasteiger partial charge in [-0.05, 0) is 43.2 Å². The minimum atomic E-state index is -0.180. The first-order valence-electron chi connectivity index (χ1n) is 9.69. The molecule has 1 aliphatic heterocycles. The van der Waals surface area contributed by atoms with E-state index in [9.17, 15) is 4.79 Å². The standard InChI is InChI=1S/C21H24N4O3S2/c1-4-21(2)9-14-15(10-28-21)30-19-17(14)18(22)24-20(25-19)29-11-16(26)23-12-5-7-13(27-3)8-6-12/h5-8H,4,9-11H2,1-3H3,(H,23,26)(H2,22,24,25). The Kier molecular flexibility index (Phi) is 5.86. The number of rotatable bonds is 6. The molecule has 1 aromatic carbocycles. The van der Waals surface area contributed by atoms with E-state index in [1.54, 1.807) is 42.7 Å². The number of thiophene rings is 1. The predicted octanol–water partition coefficient (Wildman–Crippen LogP) is 4.25. The number of nitrogens with one attached hydrogen (secondary N) is 1. The summed E-state index contributed by atoms with van der Waals surface area (Å²) >= 11 is 2.87. The number of methoxy groups -OCH3 is 1. The number of aromatic nitrogens is 2. The minimum Gasteiger partial charge on any atom is -0.497 e. The lowest BCUT2D eigenvalue weighted by Crippen LogP contribution is -2.33. The third-order valence-corrected chi connectivity index (χ3v) is 7.24. The summed E-state index contributed by atoms with van der Waals surface area (Å²) < 4.78 is 11.2. The molecule has 0 bridgehead atoms. The zero-order valence-electron chi connectivity index (χ0n) is 17.2. The molecule has 9 heteroatoms. The van der Waals surface area contributed by atoms with Crippen LogP contribution in [0.15, 0.2) is 29.4 Å². The van der Waals surface area contributed by atoms with E-state index in [-0.39, 0.29) is 17.3 Å². The number of carbonyl (C=O) groups excluding carboxylic acids is 1. The molecule has 0 radical (unpaired) electrons. The fourth-order valence-corrected chi connectivity index (χ4v) is 5.19. The van der Waals surface area contributed by atoms with E-state index in [0.29, 0.717) is 23.3 Å². The van der Waals surface area contributed by atoms with Gasteiger partial charge < -0.3 is 20.5 Å². The Labute approximate surface area is 183 Å². The summed E-state index contributed by atoms with van der Waals surface area (Å²) in [4.78, 5) is 23.4. The first-order chi connectivity index (χ1) is 14.4. The molecule has 4 rings (SSSR count). The molecule has 30 heavy (non-hydrogen) atoms. The van der Waals surface area contributed by atoms with Crippen LogP contribution in [0, 0.1) is 0 Å². The molecule has 0 saturated heterocycles. The Balaban J connectivity index is 1.47. The van der Waals surface area contributed by atoms with Gasteiger partial charge in [0.05, 0.1) is 30.5 Å². The number of nitrogen functional groups attached to an aromatic ring is 1. The number of amides is 1. The molecular formula is C21H24N4O3S2. The van der Waals surface area contributed by atoms with Crippen LogP contribution < -0.4 is 15.8 Å². The van der Waals surface area contributed by atoms with Gasteiger partial charge in [-0.1, -0.05) is 18.7 Å². The molecule has 1 amide bonds. The number of nitrogens with zero attached hydrogens (tertiary/aromatic N) is 2. The normalized spacial score (nSPS) is 18.2. The molecule has 0 aliphatic carbocycles. The van der Waals surface area contributed by atoms with E-state index in [1.807, 2.05) is 0 Å². The van der Waals surface area contributed by atoms with Crippen molar-refractivity contribution >= 4 is 50.7 Å². The summed E-state index contributed by atoms with van der Waals surface area (Å²) in [5.41, 5.74) is 8.04. The molecule has 7 nitrogen and oxygen atoms in total. The van der Waals surface area contributed by atoms with Gasteiger partial charge in [-0.3, -0.25) is 4.79 Å². The smallest absolute Gasteiger partial charge is 0.234 e. The first-order valence-corrected chi connectivity index (χ1v) is 11.5. The van der Waals surface area contributed by atoms with E-state index < -0.39 is 0 Å². The molecule has 0 saturated carbocycles. The third kappa shape index (κ3) is 4.23. The van der Waals surface area contributed by atoms with Crippen LogP contribution in [-0.2, 0) is 22.6 Å². The molecule has 158 valence electrons. The number of ether oxygens (including phenoxy) is 2. The maximum Gasteiger partial charge on any atom is 0.234 e. The Morgan fingerprint density at radius 2 is 2.13 bits per heavy atom. The lowest BCUT2D eigenvalue weighted by Gasteiger charge is -2.33. The zero-order valence-corrected chi connectivity index (χ0v) is 18.8. The van der Waals surface area contributed by atoms with Gasteiger partial charge in [0.15, 0.2) is 5.16 Å². The van der Waals surface area contributed by atoms with E-state index >= 15 is 0 Å². The number of benzene rings is 1. The number of hydrogen-bond acceptors (Lipinski definition) is 8. The summed E-state index contributed by atoms with van der Waals surface area (Å²) in [6.07, 6.45) is 1.74. The van der Waals surface area contributed by atoms with Gasteiger partial charge in [0.25, 0.3) is 0 Å². The number of anilines is 2. The van der Waals surface area contributed by atoms with Crippen LogP contribution in [0.25, 0.3) is 10.2 Å². The van der Waals surface area contributed by atoms with Crippen molar-refractivity contribution < 1.29 is 14.3 Å². The maximum absolute atomic E-state index is 12.3. The number of carbonyl (C=O) groups is 1. The summed E-state index contributed by atoms with van der Waals surface area (Å²) in [5, 5.41) is 4.29. The molecule has 3 heterocycles. The van der Waals surface area contributed by atoms with Gasteiger partial charge in [-0.2, -0.15) is 0 Å². The highest BCUT2D eigenvalue weighted by molar-refractivity contribution is 7.99. The van der Waals surface area contributed by atoms with E-state index in [4.69, 9.17) is 15.2 Å². The molecule has 3 aromatic rings. The van der Waals surface area contributed by atoms with Gasteiger partial charge in [0, 0.05) is 17.0 Å². The van der Waals surface area contributed by atoms with Crippen molar-refractivity contribution in [2.24, 2.45) is 0 Å². The quantitative estimate of drug-likeness (QED) is 0.433. The summed E-state index contributed by atoms with van der Waals surface area (Å²) in [6.45, 7) is 4.83. The lowest BCUT2D eigenvalue weighted by molar-refractivity contribution is -0.113. The molecule has 3 N–H and O–H groups in total. The van der Waals surface area contributed by atoms with Gasteiger partial charge >= 0.3 is 0 Å². The Bertz CT molecular complexity index is 1080. The van der Waals surface area contributed by atoms with Crippen molar-refractivity contribution in [2.45, 2.75) is 44.1 Å². The molecule has 2 aromatic heterocycles. The topological polar surface area (TPSA) is 99.4 Å². The van der Waals surface area contributed by atoms with Crippen LogP contribution in [-0.4, -0.2) is 34.3 Å². The van der Waals surface area contributed by atoms with Gasteiger partial charge in [0.2, 0.25) is 5.91 Å². The molecule has 0 fully saturated rings. The van der Waals surface area contributed by atoms with E-state index in [0.717, 1.165) is 33.7 Å². The minimum absolute atomic E-state index is 0.134. The summed E-state index contributed by atoms with van der Waals surface area (Å²) in [6, 6.07) is 7.19. The predicted molar refractivity (Wildman–Crippen MR) is 121 cm³/mol. The Hall–Kier alpha value is -2.36. The molecule has 1 unspecified atom stereocenters. The summed E-state index contributed by atoms with van der Waals surface area (Å²) in [5.74, 6) is 1.27. The monoisotopic (exact) mass is 444 g/mol. The second kappa shape index (κ2) is 8.41. The number of nitrogens with two attached hydrogens (primary N) is 1. The van der Waals surface area contributed by atoms with Gasteiger partial charge in [0.1, 0.15) is 16.4 Å². The van der Waals surface area contributed by atoms with E-state index in [1.165, 1.54) is 17.3 Å². The van der Waals surface area contributed by atoms with Crippen molar-refractivity contribution in [3.63, 3.8) is 0 Å². The van der Waals surface area contributed by atoms with Crippen LogP contribution in [0.4, 0.5) is 11.5 Å². The maximum atomic E-state index is 12.3. The van der Waals surface area contributed by atoms with Crippen molar-refractivity contribution in [3.8, 4) is 5.75 Å². The zero-order chi connectivity index (χ0) is 21.3. The van der Waals surface area contributed by atoms with Crippen molar-refractivity contribution in [1.29, 1.82) is 0 Å². The number of fused-ring (bicyclic) bond motifs is 3. The molecule has 1 aliphatic rings. The van der Waals surface area contributed by atoms with Gasteiger partial charge in [-0.15, -0.1) is 11.3 Å². The largest absolute Gasteiger partial charge is 0.497 e. The van der Waals surface area contributed by atoms with Crippen molar-refractivity contribution in [1.82, 2.24) is 9.97 Å². The van der Waals surface area contributed by atoms with Crippen LogP contribution in [0.3, 0.4) is 0 Å². The number of thioether (sulfide) groups is 1. The second-order valence-electron chi connectivity index (χ2n) is 7.41. The van der Waals surface area contributed by atoms with Gasteiger partial charge in [-0.25, -0.2) is 9.97 Å². The average molecular weight is 445 g/mol. The second-order valence-corrected chi connectivity index (χ2v) is 9.44. The van der Waals surface area contributed by atoms with Crippen molar-refractivity contribution in [3.05, 3.63) is 34.7 Å². The fraction of sp³-hybridized carbons (Fsp3) is 0.381. The third-order valence-electron chi connectivity index (χ3n) is 5.30. The first kappa shape index (κ1) is 20.9. The molecule has 1 atom stereocenters. The lowest BCUT2D eigenvalue weighted by atomic mass is 9.90. The molecular weight excluding hydrogens is 420 g/mol. The van der Waals surface area contributed by atoms with Crippen LogP contribution in [0.5, 0.6) is 5.75 Å². The van der Waals surface area contributed by atoms with Crippen molar-refractivity contribution in [2.75, 3.05) is 23.9 Å². The molecule has 0 spiro atoms. The highest BCUT2D eigenvalue weighted by atomic mass is 32.2. The Morgan fingerprint density at radius 3 is 2.83 bits per heavy atom. The van der Waals surface area contributed by atoms with Crippen LogP contribution >= 0.6 is 23.1 Å². The number of hydrogen-bond donors (Lipinski definition) is 2. The average Bonchev–Trinajstić information content (AvgIpc) is 3.10. The van der Waals surface area contributed by atoms with E-state index in [2.05, 4.69) is 29.1 Å². The van der Waals surface area contributed by atoms with Crippen LogP contribution in [0.1, 0.15) is 30.7 Å². The fourth-order valence-electron chi connectivity index (χ4n) is 3.37. The summed E-state index contributed by atoms with van der Waals surface area (Å²) in [7, 11) is 1.60. The Morgan fingerprint density at radius 1 is 1.37 bits per heavy atom. The highest BCUT2D eigenvalue weighted by Gasteiger charge is 2.33. The highest BCUT2D eigenvalue weighted by Crippen LogP contribution is 2.41. The SMILES string of the molecule is CCC1(C)Cc2c(sc3nc(SCC(=O)Nc4ccc(OC)cc4)nc(N)c23)CO1.